The van der Waals surface area contributed by atoms with Gasteiger partial charge in [-0.05, 0) is 62.4 Å². The molecule has 0 fully saturated rings. The first-order valence-corrected chi connectivity index (χ1v) is 17.3. The SMILES string of the molecule is Cc1nn(-c2ccc(O)c(C=Nc3ccccc3-c3ccccc3N=Cc3cc(-n4nc(C)c(-c5ccccc5)n4)ccc3O)c2)nc1-c1ccccc1.[Zn]. The average Bonchev–Trinajstić information content (AvgIpc) is 3.80. The molecule has 0 aliphatic rings. The standard InChI is InChI=1S/C44H34N8O2.Zn/c1-29-43(31-13-5-3-6-14-31)49-51(47-29)35-21-23-41(53)33(25-35)27-45-39-19-11-9-17-37(39)38-18-10-12-20-40(38)46-28-34-26-36(22-24-42(34)54)52-48-30(2)44(50-52)32-15-7-4-8-16-32;/h3-28,53-54H,1-2H3;. The van der Waals surface area contributed by atoms with Gasteiger partial charge in [-0.1, -0.05) is 97.1 Å². The molecule has 0 bridgehead atoms. The van der Waals surface area contributed by atoms with Crippen LogP contribution in [0.4, 0.5) is 11.4 Å². The molecule has 8 aromatic rings. The van der Waals surface area contributed by atoms with E-state index in [1.165, 1.54) is 0 Å². The fourth-order valence-electron chi connectivity index (χ4n) is 6.16. The topological polar surface area (TPSA) is 127 Å². The average molecular weight is 772 g/mol. The summed E-state index contributed by atoms with van der Waals surface area (Å²) in [7, 11) is 0. The minimum atomic E-state index is 0. The van der Waals surface area contributed by atoms with E-state index in [2.05, 4.69) is 10.2 Å². The van der Waals surface area contributed by atoms with Gasteiger partial charge in [-0.3, -0.25) is 9.98 Å². The number of para-hydroxylation sites is 2. The summed E-state index contributed by atoms with van der Waals surface area (Å²) in [5.41, 5.74) is 10.6. The summed E-state index contributed by atoms with van der Waals surface area (Å²) in [5, 5.41) is 40.3. The van der Waals surface area contributed by atoms with Crippen LogP contribution < -0.4 is 0 Å². The van der Waals surface area contributed by atoms with E-state index in [1.807, 2.05) is 123 Å². The van der Waals surface area contributed by atoms with E-state index in [9.17, 15) is 10.2 Å². The fraction of sp³-hybridized carbons (Fsp3) is 0.0455. The molecule has 2 N–H and O–H groups in total. The van der Waals surface area contributed by atoms with Gasteiger partial charge < -0.3 is 10.2 Å². The number of aliphatic imine (C=N–C) groups is 2. The number of hydrogen-bond donors (Lipinski definition) is 2. The van der Waals surface area contributed by atoms with E-state index in [4.69, 9.17) is 20.2 Å². The van der Waals surface area contributed by atoms with E-state index < -0.39 is 0 Å². The van der Waals surface area contributed by atoms with Crippen LogP contribution in [0.5, 0.6) is 11.5 Å². The molecule has 10 nitrogen and oxygen atoms in total. The first kappa shape index (κ1) is 36.5. The van der Waals surface area contributed by atoms with Crippen LogP contribution >= 0.6 is 0 Å². The molecule has 0 atom stereocenters. The third kappa shape index (κ3) is 7.78. The van der Waals surface area contributed by atoms with E-state index in [0.717, 1.165) is 45.0 Å². The third-order valence-electron chi connectivity index (χ3n) is 8.93. The summed E-state index contributed by atoms with van der Waals surface area (Å²) >= 11 is 0. The molecular weight excluding hydrogens is 738 g/mol. The summed E-state index contributed by atoms with van der Waals surface area (Å²) < 4.78 is 0. The number of hydrogen-bond acceptors (Lipinski definition) is 8. The van der Waals surface area contributed by atoms with Gasteiger partial charge in [0.2, 0.25) is 0 Å². The summed E-state index contributed by atoms with van der Waals surface area (Å²) in [4.78, 5) is 12.8. The van der Waals surface area contributed by atoms with Gasteiger partial charge in [-0.15, -0.1) is 10.2 Å². The summed E-state index contributed by atoms with van der Waals surface area (Å²) in [6.45, 7) is 3.85. The minimum Gasteiger partial charge on any atom is -0.507 e. The Bertz CT molecular complexity index is 2480. The normalized spacial score (nSPS) is 11.3. The second-order valence-electron chi connectivity index (χ2n) is 12.6. The molecule has 0 saturated carbocycles. The van der Waals surface area contributed by atoms with Crippen molar-refractivity contribution in [1.29, 1.82) is 0 Å². The van der Waals surface area contributed by atoms with Crippen molar-refractivity contribution in [3.8, 4) is 56.5 Å². The smallest absolute Gasteiger partial charge is 0.124 e. The Kier molecular flexibility index (Phi) is 10.6. The van der Waals surface area contributed by atoms with Crippen LogP contribution in [0.25, 0.3) is 45.0 Å². The molecule has 6 aromatic carbocycles. The first-order valence-electron chi connectivity index (χ1n) is 17.3. The number of nitrogens with zero attached hydrogens (tertiary/aromatic N) is 8. The number of phenolic OH excluding ortho intramolecular Hbond substituents is 2. The van der Waals surface area contributed by atoms with Crippen LogP contribution in [0.15, 0.2) is 156 Å². The maximum Gasteiger partial charge on any atom is 0.124 e. The first-order chi connectivity index (χ1) is 26.4. The number of aryl methyl sites for hydroxylation is 2. The van der Waals surface area contributed by atoms with Gasteiger partial charge in [0.25, 0.3) is 0 Å². The second kappa shape index (κ2) is 16.0. The molecule has 55 heavy (non-hydrogen) atoms. The summed E-state index contributed by atoms with van der Waals surface area (Å²) in [6, 6.07) is 45.7. The molecule has 0 unspecified atom stereocenters. The zero-order valence-corrected chi connectivity index (χ0v) is 33.2. The van der Waals surface area contributed by atoms with Crippen molar-refractivity contribution < 1.29 is 29.7 Å². The molecule has 2 heterocycles. The predicted molar refractivity (Wildman–Crippen MR) is 213 cm³/mol. The molecule has 0 aliphatic carbocycles. The van der Waals surface area contributed by atoms with Crippen molar-refractivity contribution in [2.24, 2.45) is 9.98 Å². The van der Waals surface area contributed by atoms with Gasteiger partial charge in [0.05, 0.1) is 34.1 Å². The van der Waals surface area contributed by atoms with Gasteiger partial charge in [-0.2, -0.15) is 19.8 Å². The number of benzene rings is 6. The number of aromatic nitrogens is 6. The Morgan fingerprint density at radius 1 is 0.473 bits per heavy atom. The third-order valence-corrected chi connectivity index (χ3v) is 8.93. The largest absolute Gasteiger partial charge is 0.507 e. The second-order valence-corrected chi connectivity index (χ2v) is 12.6. The van der Waals surface area contributed by atoms with Crippen LogP contribution in [0, 0.1) is 13.8 Å². The van der Waals surface area contributed by atoms with Gasteiger partial charge in [0.15, 0.2) is 0 Å². The fourth-order valence-corrected chi connectivity index (χ4v) is 6.16. The van der Waals surface area contributed by atoms with Gasteiger partial charge in [-0.25, -0.2) is 0 Å². The van der Waals surface area contributed by atoms with E-state index in [0.29, 0.717) is 33.9 Å². The Morgan fingerprint density at radius 3 is 1.27 bits per heavy atom. The molecular formula is C44H34N8O2Zn. The van der Waals surface area contributed by atoms with Crippen molar-refractivity contribution in [1.82, 2.24) is 30.0 Å². The predicted octanol–water partition coefficient (Wildman–Crippen LogP) is 9.38. The molecule has 8 rings (SSSR count). The molecule has 11 heteroatoms. The Labute approximate surface area is 330 Å². The molecule has 0 spiro atoms. The van der Waals surface area contributed by atoms with Crippen LogP contribution in [-0.4, -0.2) is 52.6 Å². The molecule has 264 valence electrons. The maximum absolute atomic E-state index is 10.8. The van der Waals surface area contributed by atoms with Crippen molar-refractivity contribution in [2.75, 3.05) is 0 Å². The zero-order valence-electron chi connectivity index (χ0n) is 30.2. The van der Waals surface area contributed by atoms with Gasteiger partial charge >= 0.3 is 0 Å². The van der Waals surface area contributed by atoms with Crippen molar-refractivity contribution >= 4 is 23.8 Å². The van der Waals surface area contributed by atoms with Crippen LogP contribution in [0.1, 0.15) is 22.5 Å². The number of rotatable bonds is 9. The summed E-state index contributed by atoms with van der Waals surface area (Å²) in [6.07, 6.45) is 3.27. The Balaban J connectivity index is 0.00000465. The van der Waals surface area contributed by atoms with Crippen molar-refractivity contribution in [2.45, 2.75) is 13.8 Å². The summed E-state index contributed by atoms with van der Waals surface area (Å²) in [5.74, 6) is 0.159. The van der Waals surface area contributed by atoms with Crippen LogP contribution in [0.3, 0.4) is 0 Å². The Morgan fingerprint density at radius 2 is 0.855 bits per heavy atom. The van der Waals surface area contributed by atoms with Gasteiger partial charge in [0, 0.05) is 65.3 Å². The Hall–Kier alpha value is -6.84. The molecule has 0 amide bonds. The number of aromatic hydroxyl groups is 2. The van der Waals surface area contributed by atoms with E-state index in [-0.39, 0.29) is 31.0 Å². The van der Waals surface area contributed by atoms with Crippen molar-refractivity contribution in [3.63, 3.8) is 0 Å². The van der Waals surface area contributed by atoms with E-state index in [1.54, 1.807) is 58.4 Å². The van der Waals surface area contributed by atoms with E-state index >= 15 is 0 Å². The zero-order chi connectivity index (χ0) is 37.0. The van der Waals surface area contributed by atoms with Crippen LogP contribution in [0.2, 0.25) is 0 Å². The molecule has 0 aliphatic heterocycles. The minimum absolute atomic E-state index is 0. The number of phenols is 2. The van der Waals surface area contributed by atoms with Crippen molar-refractivity contribution in [3.05, 3.63) is 168 Å². The maximum atomic E-state index is 10.8. The monoisotopic (exact) mass is 770 g/mol. The van der Waals surface area contributed by atoms with Crippen LogP contribution in [-0.2, 0) is 19.5 Å². The van der Waals surface area contributed by atoms with Gasteiger partial charge in [0.1, 0.15) is 22.9 Å². The molecule has 0 saturated heterocycles. The molecule has 0 radical (unpaired) electrons. The molecule has 2 aromatic heterocycles. The quantitative estimate of drug-likeness (QED) is 0.111.